The molecule has 1 saturated heterocycles. The van der Waals surface area contributed by atoms with Crippen molar-refractivity contribution in [2.45, 2.75) is 87.6 Å². The first-order chi connectivity index (χ1) is 18.8. The van der Waals surface area contributed by atoms with E-state index in [-0.39, 0.29) is 11.9 Å². The maximum Gasteiger partial charge on any atom is 0.460 e. The van der Waals surface area contributed by atoms with E-state index in [1.807, 2.05) is 4.98 Å². The molecule has 40 heavy (non-hydrogen) atoms. The van der Waals surface area contributed by atoms with Gasteiger partial charge in [-0.25, -0.2) is 18.1 Å². The van der Waals surface area contributed by atoms with Crippen LogP contribution in [0.1, 0.15) is 52.2 Å². The molecular weight excluding hydrogens is 555 g/mol. The number of aliphatic hydroxyl groups is 1. The highest BCUT2D eigenvalue weighted by Crippen LogP contribution is 2.72. The van der Waals surface area contributed by atoms with Gasteiger partial charge in [-0.2, -0.15) is 5.09 Å². The van der Waals surface area contributed by atoms with E-state index in [9.17, 15) is 24.1 Å². The van der Waals surface area contributed by atoms with Gasteiger partial charge >= 0.3 is 19.4 Å². The van der Waals surface area contributed by atoms with Crippen LogP contribution in [0.15, 0.2) is 52.2 Å². The van der Waals surface area contributed by atoms with Crippen molar-refractivity contribution in [3.8, 4) is 5.75 Å². The van der Waals surface area contributed by atoms with Gasteiger partial charge in [0, 0.05) is 12.3 Å². The van der Waals surface area contributed by atoms with Gasteiger partial charge in [-0.1, -0.05) is 24.6 Å². The second-order valence-corrected chi connectivity index (χ2v) is 12.1. The third-order valence-corrected chi connectivity index (χ3v) is 9.15. The maximum absolute atomic E-state index is 16.0. The third kappa shape index (κ3) is 4.81. The Hall–Kier alpha value is -2.90. The van der Waals surface area contributed by atoms with E-state index in [4.69, 9.17) is 18.5 Å². The summed E-state index contributed by atoms with van der Waals surface area (Å²) in [6, 6.07) is 7.26. The Morgan fingerprint density at radius 1 is 1.20 bits per heavy atom. The molecule has 218 valence electrons. The van der Waals surface area contributed by atoms with Gasteiger partial charge in [-0.05, 0) is 51.7 Å². The first-order valence-electron chi connectivity index (χ1n) is 12.9. The summed E-state index contributed by atoms with van der Waals surface area (Å²) >= 11 is 0. The Morgan fingerprint density at radius 3 is 2.48 bits per heavy atom. The van der Waals surface area contributed by atoms with Gasteiger partial charge in [0.1, 0.15) is 17.9 Å². The van der Waals surface area contributed by atoms with Crippen molar-refractivity contribution in [3.63, 3.8) is 0 Å². The number of fused-ring (bicyclic) bond motifs is 1. The normalized spacial score (nSPS) is 33.9. The van der Waals surface area contributed by atoms with E-state index in [0.29, 0.717) is 17.4 Å². The number of carbonyl (C=O) groups is 1. The molecule has 0 radical (unpaired) electrons. The SMILES string of the molecule is CC(NP(=O)(Oc1ccccc1)OC1[C@]2(O)[C@@](C)(F)[C@H](n3ccc(=O)[nH]c3=O)O[C@]12F)C(=O)OC1CCCCC1. The molecule has 3 N–H and O–H groups in total. The monoisotopic (exact) mass is 585 g/mol. The Balaban J connectivity index is 1.38. The predicted molar refractivity (Wildman–Crippen MR) is 135 cm³/mol. The second-order valence-electron chi connectivity index (χ2n) is 10.4. The highest BCUT2D eigenvalue weighted by molar-refractivity contribution is 7.52. The quantitative estimate of drug-likeness (QED) is 0.295. The van der Waals surface area contributed by atoms with Crippen molar-refractivity contribution >= 4 is 13.7 Å². The largest absolute Gasteiger partial charge is 0.461 e. The molecule has 2 aliphatic carbocycles. The number of alkyl halides is 2. The summed E-state index contributed by atoms with van der Waals surface area (Å²) in [6.45, 7) is 2.12. The van der Waals surface area contributed by atoms with Crippen molar-refractivity contribution in [2.75, 3.05) is 0 Å². The van der Waals surface area contributed by atoms with Crippen LogP contribution in [-0.2, 0) is 23.4 Å². The highest BCUT2D eigenvalue weighted by Gasteiger charge is 2.96. The number of benzene rings is 1. The number of aromatic nitrogens is 2. The molecule has 1 aromatic carbocycles. The van der Waals surface area contributed by atoms with Crippen molar-refractivity contribution < 1.29 is 41.8 Å². The van der Waals surface area contributed by atoms with Crippen molar-refractivity contribution in [1.29, 1.82) is 0 Å². The van der Waals surface area contributed by atoms with Gasteiger partial charge in [0.05, 0.1) is 0 Å². The Labute approximate surface area is 227 Å². The summed E-state index contributed by atoms with van der Waals surface area (Å²) in [4.78, 5) is 38.2. The smallest absolute Gasteiger partial charge is 0.460 e. The Kier molecular flexibility index (Phi) is 7.28. The first-order valence-corrected chi connectivity index (χ1v) is 14.5. The topological polar surface area (TPSA) is 158 Å². The molecule has 1 aromatic heterocycles. The fourth-order valence-electron chi connectivity index (χ4n) is 5.22. The number of halogens is 2. The first kappa shape index (κ1) is 28.6. The number of hydrogen-bond donors (Lipinski definition) is 3. The summed E-state index contributed by atoms with van der Waals surface area (Å²) in [5, 5.41) is 13.5. The van der Waals surface area contributed by atoms with Crippen LogP contribution < -0.4 is 20.9 Å². The molecular formula is C25H30F2N3O9P. The molecule has 15 heteroatoms. The van der Waals surface area contributed by atoms with Crippen LogP contribution in [0.4, 0.5) is 8.78 Å². The van der Waals surface area contributed by atoms with E-state index in [2.05, 4.69) is 5.09 Å². The maximum atomic E-state index is 16.0. The fraction of sp³-hybridized carbons (Fsp3) is 0.560. The lowest BCUT2D eigenvalue weighted by molar-refractivity contribution is -0.159. The molecule has 7 atom stereocenters. The summed E-state index contributed by atoms with van der Waals surface area (Å²) in [6.07, 6.45) is 0.646. The van der Waals surface area contributed by atoms with Gasteiger partial charge in [-0.3, -0.25) is 23.7 Å². The average Bonchev–Trinajstić information content (AvgIpc) is 3.30. The van der Waals surface area contributed by atoms with Gasteiger partial charge in [0.25, 0.3) is 11.4 Å². The summed E-state index contributed by atoms with van der Waals surface area (Å²) < 4.78 is 68.0. The minimum atomic E-state index is -4.71. The average molecular weight is 585 g/mol. The van der Waals surface area contributed by atoms with Crippen LogP contribution in [0.2, 0.25) is 0 Å². The minimum absolute atomic E-state index is 0.0125. The zero-order valence-electron chi connectivity index (χ0n) is 21.7. The van der Waals surface area contributed by atoms with Crippen LogP contribution in [-0.4, -0.2) is 56.0 Å². The molecule has 2 saturated carbocycles. The number of para-hydroxylation sites is 1. The molecule has 2 heterocycles. The zero-order chi connectivity index (χ0) is 28.9. The van der Waals surface area contributed by atoms with Gasteiger partial charge in [0.2, 0.25) is 0 Å². The van der Waals surface area contributed by atoms with Crippen LogP contribution in [0.5, 0.6) is 5.75 Å². The molecule has 3 fully saturated rings. The highest BCUT2D eigenvalue weighted by atomic mass is 31.2. The molecule has 3 aliphatic rings. The number of hydrogen-bond acceptors (Lipinski definition) is 9. The van der Waals surface area contributed by atoms with Crippen molar-refractivity contribution in [1.82, 2.24) is 14.6 Å². The second kappa shape index (κ2) is 10.2. The molecule has 12 nitrogen and oxygen atoms in total. The van der Waals surface area contributed by atoms with Gasteiger partial charge in [0.15, 0.2) is 23.6 Å². The van der Waals surface area contributed by atoms with Crippen LogP contribution >= 0.6 is 7.75 Å². The lowest BCUT2D eigenvalue weighted by Gasteiger charge is -2.31. The van der Waals surface area contributed by atoms with E-state index in [0.717, 1.165) is 38.4 Å². The molecule has 0 amide bonds. The molecule has 5 rings (SSSR count). The molecule has 1 aliphatic heterocycles. The summed E-state index contributed by atoms with van der Waals surface area (Å²) in [7, 11) is -4.71. The van der Waals surface area contributed by atoms with Crippen molar-refractivity contribution in [3.05, 3.63) is 63.4 Å². The zero-order valence-corrected chi connectivity index (χ0v) is 22.6. The fourth-order valence-corrected chi connectivity index (χ4v) is 6.92. The lowest BCUT2D eigenvalue weighted by atomic mass is 9.97. The van der Waals surface area contributed by atoms with E-state index in [1.165, 1.54) is 19.1 Å². The molecule has 0 bridgehead atoms. The van der Waals surface area contributed by atoms with E-state index in [1.54, 1.807) is 18.2 Å². The van der Waals surface area contributed by atoms with Crippen LogP contribution in [0, 0.1) is 0 Å². The Bertz CT molecular complexity index is 1430. The number of ether oxygens (including phenoxy) is 2. The number of nitrogens with one attached hydrogen (secondary N) is 2. The number of esters is 1. The third-order valence-electron chi connectivity index (χ3n) is 7.50. The van der Waals surface area contributed by atoms with Crippen LogP contribution in [0.3, 0.4) is 0 Å². The van der Waals surface area contributed by atoms with Crippen molar-refractivity contribution in [2.24, 2.45) is 0 Å². The number of nitrogens with zero attached hydrogens (tertiary/aromatic N) is 1. The van der Waals surface area contributed by atoms with Crippen LogP contribution in [0.25, 0.3) is 0 Å². The molecule has 0 spiro atoms. The molecule has 2 aromatic rings. The number of aromatic amines is 1. The minimum Gasteiger partial charge on any atom is -0.461 e. The number of carbonyl (C=O) groups excluding carboxylic acids is 1. The molecule has 3 unspecified atom stereocenters. The summed E-state index contributed by atoms with van der Waals surface area (Å²) in [5.74, 6) is -4.00. The number of H-pyrrole nitrogens is 1. The summed E-state index contributed by atoms with van der Waals surface area (Å²) in [5.41, 5.74) is -7.93. The van der Waals surface area contributed by atoms with Gasteiger partial charge < -0.3 is 19.1 Å². The predicted octanol–water partition coefficient (Wildman–Crippen LogP) is 2.63. The van der Waals surface area contributed by atoms with E-state index >= 15 is 8.78 Å². The lowest BCUT2D eigenvalue weighted by Crippen LogP contribution is -2.48. The van der Waals surface area contributed by atoms with E-state index < -0.39 is 60.5 Å². The standard InChI is InChI=1S/C25H30F2N3O9P/c1-15(19(32)36-16-9-5-3-6-10-16)29-40(35,38-17-11-7-4-8-12-17)39-20-24(34)23(2,26)21(37-25(20,24)27)30-14-13-18(31)28-22(30)33/h4,7-8,11-16,20-21,34H,3,5-6,9-10H2,1-2H3,(H,29,35)(H,28,31,33)/t15?,20?,21-,23+,24+,25-,40?/m1/s1. The van der Waals surface area contributed by atoms with Gasteiger partial charge in [-0.15, -0.1) is 0 Å². The Morgan fingerprint density at radius 2 is 1.88 bits per heavy atom. The number of rotatable bonds is 9.